The number of thiazole rings is 1. The molecule has 0 aliphatic heterocycles. The second-order valence-corrected chi connectivity index (χ2v) is 6.01. The summed E-state index contributed by atoms with van der Waals surface area (Å²) in [6.45, 7) is 2.75. The summed E-state index contributed by atoms with van der Waals surface area (Å²) in [4.78, 5) is 17.0. The highest BCUT2D eigenvalue weighted by atomic mass is 32.1. The van der Waals surface area contributed by atoms with Gasteiger partial charge in [0.2, 0.25) is 0 Å². The van der Waals surface area contributed by atoms with Gasteiger partial charge in [0.1, 0.15) is 4.88 Å². The molecule has 5 nitrogen and oxygen atoms in total. The summed E-state index contributed by atoms with van der Waals surface area (Å²) in [6.07, 6.45) is 1.56. The molecular weight excluding hydrogens is 286 g/mol. The van der Waals surface area contributed by atoms with Gasteiger partial charge in [-0.25, -0.2) is 4.98 Å². The second-order valence-electron chi connectivity index (χ2n) is 4.98. The van der Waals surface area contributed by atoms with Gasteiger partial charge in [-0.05, 0) is 18.1 Å². The van der Waals surface area contributed by atoms with Crippen LogP contribution in [0.1, 0.15) is 33.8 Å². The SMILES string of the molecule is CCNc1ncc(C(=O)NC2c3ccccc3CC2O)s1. The normalized spacial score (nSPS) is 20.1. The Balaban J connectivity index is 1.75. The van der Waals surface area contributed by atoms with Crippen LogP contribution in [0.3, 0.4) is 0 Å². The number of fused-ring (bicyclic) bond motifs is 1. The van der Waals surface area contributed by atoms with Crippen molar-refractivity contribution in [3.8, 4) is 0 Å². The van der Waals surface area contributed by atoms with Crippen molar-refractivity contribution >= 4 is 22.4 Å². The van der Waals surface area contributed by atoms with Gasteiger partial charge in [0.25, 0.3) is 5.91 Å². The Morgan fingerprint density at radius 3 is 3.10 bits per heavy atom. The van der Waals surface area contributed by atoms with Crippen molar-refractivity contribution in [1.82, 2.24) is 10.3 Å². The molecule has 1 aliphatic carbocycles. The molecule has 2 atom stereocenters. The Morgan fingerprint density at radius 2 is 2.29 bits per heavy atom. The van der Waals surface area contributed by atoms with Gasteiger partial charge in [0.15, 0.2) is 5.13 Å². The highest BCUT2D eigenvalue weighted by molar-refractivity contribution is 7.17. The Kier molecular flexibility index (Phi) is 3.90. The minimum Gasteiger partial charge on any atom is -0.390 e. The highest BCUT2D eigenvalue weighted by Crippen LogP contribution is 2.31. The van der Waals surface area contributed by atoms with E-state index in [9.17, 15) is 9.90 Å². The molecule has 21 heavy (non-hydrogen) atoms. The standard InChI is InChI=1S/C15H17N3O2S/c1-2-16-15-17-8-12(21-15)14(20)18-13-10-6-4-3-5-9(10)7-11(13)19/h3-6,8,11,13,19H,2,7H2,1H3,(H,16,17)(H,18,20). The van der Waals surface area contributed by atoms with Crippen molar-refractivity contribution in [2.45, 2.75) is 25.5 Å². The van der Waals surface area contributed by atoms with Gasteiger partial charge in [-0.3, -0.25) is 4.79 Å². The van der Waals surface area contributed by atoms with Crippen LogP contribution in [0.2, 0.25) is 0 Å². The zero-order valence-electron chi connectivity index (χ0n) is 11.7. The van der Waals surface area contributed by atoms with Gasteiger partial charge >= 0.3 is 0 Å². The van der Waals surface area contributed by atoms with E-state index in [2.05, 4.69) is 15.6 Å². The van der Waals surface area contributed by atoms with Crippen LogP contribution >= 0.6 is 11.3 Å². The number of anilines is 1. The first-order valence-electron chi connectivity index (χ1n) is 6.95. The van der Waals surface area contributed by atoms with Crippen LogP contribution in [0.25, 0.3) is 0 Å². The lowest BCUT2D eigenvalue weighted by molar-refractivity contribution is 0.0862. The Morgan fingerprint density at radius 1 is 1.48 bits per heavy atom. The van der Waals surface area contributed by atoms with E-state index in [1.165, 1.54) is 11.3 Å². The fraction of sp³-hybridized carbons (Fsp3) is 0.333. The fourth-order valence-corrected chi connectivity index (χ4v) is 3.36. The molecule has 0 radical (unpaired) electrons. The number of aliphatic hydroxyl groups excluding tert-OH is 1. The van der Waals surface area contributed by atoms with E-state index in [0.29, 0.717) is 11.3 Å². The van der Waals surface area contributed by atoms with Gasteiger partial charge < -0.3 is 15.7 Å². The van der Waals surface area contributed by atoms with E-state index in [1.54, 1.807) is 6.20 Å². The molecule has 2 unspecified atom stereocenters. The number of aliphatic hydroxyl groups is 1. The molecular formula is C15H17N3O2S. The molecule has 3 rings (SSSR count). The van der Waals surface area contributed by atoms with E-state index in [1.807, 2.05) is 31.2 Å². The first kappa shape index (κ1) is 14.0. The molecule has 1 aromatic heterocycles. The summed E-state index contributed by atoms with van der Waals surface area (Å²) in [5, 5.41) is 16.9. The van der Waals surface area contributed by atoms with Crippen LogP contribution in [0, 0.1) is 0 Å². The molecule has 1 aromatic carbocycles. The minimum atomic E-state index is -0.576. The molecule has 0 spiro atoms. The maximum Gasteiger partial charge on any atom is 0.263 e. The molecule has 3 N–H and O–H groups in total. The molecule has 0 saturated heterocycles. The predicted octanol–water partition coefficient (Wildman–Crippen LogP) is 1.96. The quantitative estimate of drug-likeness (QED) is 0.807. The van der Waals surface area contributed by atoms with E-state index in [4.69, 9.17) is 0 Å². The first-order chi connectivity index (χ1) is 10.2. The van der Waals surface area contributed by atoms with Gasteiger partial charge in [-0.15, -0.1) is 0 Å². The van der Waals surface area contributed by atoms with Crippen LogP contribution in [0.4, 0.5) is 5.13 Å². The van der Waals surface area contributed by atoms with Crippen molar-refractivity contribution in [2.24, 2.45) is 0 Å². The summed E-state index contributed by atoms with van der Waals surface area (Å²) in [5.41, 5.74) is 2.09. The van der Waals surface area contributed by atoms with Gasteiger partial charge in [0.05, 0.1) is 18.3 Å². The third-order valence-corrected chi connectivity index (χ3v) is 4.50. The third-order valence-electron chi connectivity index (χ3n) is 3.55. The number of nitrogens with zero attached hydrogens (tertiary/aromatic N) is 1. The van der Waals surface area contributed by atoms with Crippen LogP contribution in [0.15, 0.2) is 30.5 Å². The number of amides is 1. The predicted molar refractivity (Wildman–Crippen MR) is 82.6 cm³/mol. The van der Waals surface area contributed by atoms with Gasteiger partial charge in [-0.1, -0.05) is 35.6 Å². The highest BCUT2D eigenvalue weighted by Gasteiger charge is 2.32. The number of rotatable bonds is 4. The van der Waals surface area contributed by atoms with Crippen molar-refractivity contribution in [3.05, 3.63) is 46.5 Å². The molecule has 0 saturated carbocycles. The maximum absolute atomic E-state index is 12.3. The second kappa shape index (κ2) is 5.83. The lowest BCUT2D eigenvalue weighted by Gasteiger charge is -2.17. The maximum atomic E-state index is 12.3. The zero-order valence-corrected chi connectivity index (χ0v) is 12.5. The summed E-state index contributed by atoms with van der Waals surface area (Å²) in [7, 11) is 0. The van der Waals surface area contributed by atoms with Crippen molar-refractivity contribution in [3.63, 3.8) is 0 Å². The fourth-order valence-electron chi connectivity index (χ4n) is 2.57. The number of hydrogen-bond acceptors (Lipinski definition) is 5. The van der Waals surface area contributed by atoms with Crippen molar-refractivity contribution in [2.75, 3.05) is 11.9 Å². The Bertz CT molecular complexity index is 656. The molecule has 6 heteroatoms. The molecule has 110 valence electrons. The summed E-state index contributed by atoms with van der Waals surface area (Å²) >= 11 is 1.32. The van der Waals surface area contributed by atoms with E-state index in [-0.39, 0.29) is 11.9 Å². The molecule has 0 fully saturated rings. The molecule has 2 aromatic rings. The molecule has 0 bridgehead atoms. The summed E-state index contributed by atoms with van der Waals surface area (Å²) < 4.78 is 0. The Hall–Kier alpha value is -1.92. The average molecular weight is 303 g/mol. The van der Waals surface area contributed by atoms with Gasteiger partial charge in [-0.2, -0.15) is 0 Å². The van der Waals surface area contributed by atoms with E-state index < -0.39 is 6.10 Å². The van der Waals surface area contributed by atoms with Crippen LogP contribution in [0.5, 0.6) is 0 Å². The minimum absolute atomic E-state index is 0.197. The topological polar surface area (TPSA) is 74.2 Å². The number of aromatic nitrogens is 1. The van der Waals surface area contributed by atoms with Crippen molar-refractivity contribution in [1.29, 1.82) is 0 Å². The lowest BCUT2D eigenvalue weighted by Crippen LogP contribution is -2.33. The molecule has 1 amide bonds. The number of carbonyl (C=O) groups is 1. The lowest BCUT2D eigenvalue weighted by atomic mass is 10.1. The zero-order chi connectivity index (χ0) is 14.8. The molecule has 1 aliphatic rings. The van der Waals surface area contributed by atoms with Crippen LogP contribution in [-0.4, -0.2) is 28.6 Å². The summed E-state index contributed by atoms with van der Waals surface area (Å²) in [5.74, 6) is -0.197. The van der Waals surface area contributed by atoms with Crippen molar-refractivity contribution < 1.29 is 9.90 Å². The number of benzene rings is 1. The number of nitrogens with one attached hydrogen (secondary N) is 2. The monoisotopic (exact) mass is 303 g/mol. The number of carbonyl (C=O) groups excluding carboxylic acids is 1. The summed E-state index contributed by atoms with van der Waals surface area (Å²) in [6, 6.07) is 7.46. The number of hydrogen-bond donors (Lipinski definition) is 3. The smallest absolute Gasteiger partial charge is 0.263 e. The van der Waals surface area contributed by atoms with E-state index in [0.717, 1.165) is 22.8 Å². The third kappa shape index (κ3) is 2.77. The first-order valence-corrected chi connectivity index (χ1v) is 7.77. The average Bonchev–Trinajstić information content (AvgIpc) is 3.05. The van der Waals surface area contributed by atoms with E-state index >= 15 is 0 Å². The van der Waals surface area contributed by atoms with Crippen LogP contribution < -0.4 is 10.6 Å². The largest absolute Gasteiger partial charge is 0.390 e. The van der Waals surface area contributed by atoms with Gasteiger partial charge in [0, 0.05) is 13.0 Å². The van der Waals surface area contributed by atoms with Crippen LogP contribution in [-0.2, 0) is 6.42 Å². The Labute approximate surface area is 127 Å². The molecule has 1 heterocycles.